The predicted molar refractivity (Wildman–Crippen MR) is 73.0 cm³/mol. The van der Waals surface area contributed by atoms with E-state index >= 15 is 0 Å². The molecule has 1 aromatic carbocycles. The van der Waals surface area contributed by atoms with E-state index in [2.05, 4.69) is 36.7 Å². The van der Waals surface area contributed by atoms with Crippen LogP contribution in [0.2, 0.25) is 0 Å². The van der Waals surface area contributed by atoms with Crippen LogP contribution in [-0.2, 0) is 0 Å². The highest BCUT2D eigenvalue weighted by molar-refractivity contribution is 5.84. The molecule has 86 valence electrons. The molecule has 17 heavy (non-hydrogen) atoms. The van der Waals surface area contributed by atoms with Crippen molar-refractivity contribution < 1.29 is 0 Å². The van der Waals surface area contributed by atoms with Crippen molar-refractivity contribution in [2.24, 2.45) is 5.92 Å². The summed E-state index contributed by atoms with van der Waals surface area (Å²) in [5.74, 6) is 1.48. The first-order chi connectivity index (χ1) is 8.29. The molecule has 2 aromatic rings. The first-order valence-corrected chi connectivity index (χ1v) is 6.30. The maximum Gasteiger partial charge on any atom is 0.0737 e. The van der Waals surface area contributed by atoms with Crippen LogP contribution in [0, 0.1) is 5.92 Å². The second-order valence-corrected chi connectivity index (χ2v) is 5.02. The van der Waals surface area contributed by atoms with Gasteiger partial charge in [0.15, 0.2) is 0 Å². The van der Waals surface area contributed by atoms with Gasteiger partial charge in [0.2, 0.25) is 0 Å². The van der Waals surface area contributed by atoms with Crippen molar-refractivity contribution in [3.05, 3.63) is 48.2 Å². The summed E-state index contributed by atoms with van der Waals surface area (Å²) >= 11 is 0. The minimum atomic E-state index is 0.618. The van der Waals surface area contributed by atoms with Crippen LogP contribution in [0.15, 0.2) is 37.0 Å². The van der Waals surface area contributed by atoms with Gasteiger partial charge in [-0.3, -0.25) is 4.98 Å². The highest BCUT2D eigenvalue weighted by Gasteiger charge is 2.30. The Morgan fingerprint density at radius 1 is 1.41 bits per heavy atom. The summed E-state index contributed by atoms with van der Waals surface area (Å²) in [5, 5.41) is 1.23. The van der Waals surface area contributed by atoms with Gasteiger partial charge < -0.3 is 0 Å². The molecule has 1 nitrogen and oxygen atoms in total. The van der Waals surface area contributed by atoms with E-state index < -0.39 is 0 Å². The van der Waals surface area contributed by atoms with Crippen LogP contribution in [-0.4, -0.2) is 4.98 Å². The molecule has 1 aliphatic rings. The number of benzene rings is 1. The Bertz CT molecular complexity index is 567. The van der Waals surface area contributed by atoms with Crippen LogP contribution >= 0.6 is 0 Å². The normalized spacial score (nSPS) is 17.0. The molecule has 1 heterocycles. The molecule has 1 aromatic heterocycles. The van der Waals surface area contributed by atoms with Gasteiger partial charge in [0.25, 0.3) is 0 Å². The SMILES string of the molecule is C=Cc1cc(C(C)C2CC2)c2ncccc2c1. The monoisotopic (exact) mass is 223 g/mol. The Morgan fingerprint density at radius 3 is 2.94 bits per heavy atom. The van der Waals surface area contributed by atoms with Gasteiger partial charge in [-0.25, -0.2) is 0 Å². The third-order valence-corrected chi connectivity index (χ3v) is 3.81. The summed E-state index contributed by atoms with van der Waals surface area (Å²) in [6.45, 7) is 6.21. The lowest BCUT2D eigenvalue weighted by atomic mass is 9.92. The minimum Gasteiger partial charge on any atom is -0.256 e. The van der Waals surface area contributed by atoms with Crippen molar-refractivity contribution in [3.63, 3.8) is 0 Å². The van der Waals surface area contributed by atoms with Gasteiger partial charge in [-0.1, -0.05) is 25.6 Å². The molecule has 1 aliphatic carbocycles. The lowest BCUT2D eigenvalue weighted by Gasteiger charge is -2.14. The molecule has 0 spiro atoms. The van der Waals surface area contributed by atoms with E-state index in [1.165, 1.54) is 29.4 Å². The van der Waals surface area contributed by atoms with E-state index in [1.54, 1.807) is 0 Å². The predicted octanol–water partition coefficient (Wildman–Crippen LogP) is 4.39. The van der Waals surface area contributed by atoms with Gasteiger partial charge >= 0.3 is 0 Å². The van der Waals surface area contributed by atoms with Gasteiger partial charge in [-0.05, 0) is 54.0 Å². The van der Waals surface area contributed by atoms with E-state index in [1.807, 2.05) is 18.3 Å². The number of pyridine rings is 1. The van der Waals surface area contributed by atoms with E-state index in [0.29, 0.717) is 5.92 Å². The molecule has 0 bridgehead atoms. The molecule has 0 amide bonds. The fraction of sp³-hybridized carbons (Fsp3) is 0.312. The molecule has 1 saturated carbocycles. The summed E-state index contributed by atoms with van der Waals surface area (Å²) in [5.41, 5.74) is 3.76. The van der Waals surface area contributed by atoms with E-state index in [9.17, 15) is 0 Å². The number of aromatic nitrogens is 1. The highest BCUT2D eigenvalue weighted by atomic mass is 14.7. The van der Waals surface area contributed by atoms with Gasteiger partial charge in [0, 0.05) is 11.6 Å². The zero-order valence-corrected chi connectivity index (χ0v) is 10.2. The summed E-state index contributed by atoms with van der Waals surface area (Å²) < 4.78 is 0. The van der Waals surface area contributed by atoms with Gasteiger partial charge in [-0.2, -0.15) is 0 Å². The van der Waals surface area contributed by atoms with Crippen molar-refractivity contribution in [3.8, 4) is 0 Å². The Hall–Kier alpha value is -1.63. The average Bonchev–Trinajstić information content (AvgIpc) is 3.21. The van der Waals surface area contributed by atoms with Crippen LogP contribution in [0.3, 0.4) is 0 Å². The van der Waals surface area contributed by atoms with Crippen LogP contribution in [0.25, 0.3) is 17.0 Å². The molecule has 1 atom stereocenters. The molecule has 3 rings (SSSR count). The first-order valence-electron chi connectivity index (χ1n) is 6.30. The van der Waals surface area contributed by atoms with Crippen molar-refractivity contribution in [1.29, 1.82) is 0 Å². The lowest BCUT2D eigenvalue weighted by Crippen LogP contribution is -1.99. The van der Waals surface area contributed by atoms with Crippen molar-refractivity contribution in [2.45, 2.75) is 25.7 Å². The van der Waals surface area contributed by atoms with Crippen molar-refractivity contribution in [2.75, 3.05) is 0 Å². The number of rotatable bonds is 3. The summed E-state index contributed by atoms with van der Waals surface area (Å²) in [6.07, 6.45) is 6.55. The van der Waals surface area contributed by atoms with E-state index in [0.717, 1.165) is 11.4 Å². The fourth-order valence-electron chi connectivity index (χ4n) is 2.56. The average molecular weight is 223 g/mol. The molecular formula is C16H17N. The number of nitrogens with zero attached hydrogens (tertiary/aromatic N) is 1. The van der Waals surface area contributed by atoms with Crippen LogP contribution in [0.5, 0.6) is 0 Å². The molecule has 1 unspecified atom stereocenters. The maximum atomic E-state index is 4.55. The van der Waals surface area contributed by atoms with Crippen molar-refractivity contribution >= 4 is 17.0 Å². The molecule has 0 aliphatic heterocycles. The van der Waals surface area contributed by atoms with Gasteiger partial charge in [0.05, 0.1) is 5.52 Å². The molecular weight excluding hydrogens is 206 g/mol. The molecule has 0 saturated heterocycles. The number of hydrogen-bond acceptors (Lipinski definition) is 1. The largest absolute Gasteiger partial charge is 0.256 e. The highest BCUT2D eigenvalue weighted by Crippen LogP contribution is 2.44. The minimum absolute atomic E-state index is 0.618. The Kier molecular flexibility index (Phi) is 2.47. The molecule has 1 heteroatoms. The third-order valence-electron chi connectivity index (χ3n) is 3.81. The van der Waals surface area contributed by atoms with E-state index in [-0.39, 0.29) is 0 Å². The van der Waals surface area contributed by atoms with Crippen LogP contribution < -0.4 is 0 Å². The van der Waals surface area contributed by atoms with Gasteiger partial charge in [0.1, 0.15) is 0 Å². The number of hydrogen-bond donors (Lipinski definition) is 0. The standard InChI is InChI=1S/C16H17N/c1-3-12-9-14-5-4-8-17-16(14)15(10-12)11(2)13-6-7-13/h3-5,8-11,13H,1,6-7H2,2H3. The van der Waals surface area contributed by atoms with E-state index in [4.69, 9.17) is 0 Å². The molecule has 1 fully saturated rings. The molecule has 0 N–H and O–H groups in total. The fourth-order valence-corrected chi connectivity index (χ4v) is 2.56. The lowest BCUT2D eigenvalue weighted by molar-refractivity contribution is 0.667. The maximum absolute atomic E-state index is 4.55. The second kappa shape index (κ2) is 3.99. The number of fused-ring (bicyclic) bond motifs is 1. The van der Waals surface area contributed by atoms with Gasteiger partial charge in [-0.15, -0.1) is 0 Å². The third kappa shape index (κ3) is 1.86. The topological polar surface area (TPSA) is 12.9 Å². The Morgan fingerprint density at radius 2 is 2.24 bits per heavy atom. The summed E-state index contributed by atoms with van der Waals surface area (Å²) in [7, 11) is 0. The first kappa shape index (κ1) is 10.5. The Labute approximate surface area is 102 Å². The zero-order valence-electron chi connectivity index (χ0n) is 10.2. The summed E-state index contributed by atoms with van der Waals surface area (Å²) in [4.78, 5) is 4.55. The van der Waals surface area contributed by atoms with Crippen LogP contribution in [0.1, 0.15) is 36.8 Å². The Balaban J connectivity index is 2.22. The summed E-state index contributed by atoms with van der Waals surface area (Å²) in [6, 6.07) is 8.56. The quantitative estimate of drug-likeness (QED) is 0.752. The molecule has 0 radical (unpaired) electrons. The second-order valence-electron chi connectivity index (χ2n) is 5.02. The zero-order chi connectivity index (χ0) is 11.8. The smallest absolute Gasteiger partial charge is 0.0737 e. The van der Waals surface area contributed by atoms with Crippen LogP contribution in [0.4, 0.5) is 0 Å². The van der Waals surface area contributed by atoms with Crippen molar-refractivity contribution in [1.82, 2.24) is 4.98 Å².